The zero-order chi connectivity index (χ0) is 19.9. The van der Waals surface area contributed by atoms with Gasteiger partial charge in [0.05, 0.1) is 17.9 Å². The van der Waals surface area contributed by atoms with Crippen molar-refractivity contribution < 1.29 is 14.3 Å². The molecule has 0 unspecified atom stereocenters. The Morgan fingerprint density at radius 3 is 2.50 bits per heavy atom. The minimum absolute atomic E-state index is 0.195. The number of benzene rings is 2. The van der Waals surface area contributed by atoms with E-state index in [0.29, 0.717) is 35.1 Å². The number of amides is 1. The van der Waals surface area contributed by atoms with Gasteiger partial charge in [-0.3, -0.25) is 9.78 Å². The van der Waals surface area contributed by atoms with Gasteiger partial charge in [-0.25, -0.2) is 0 Å². The number of carbonyl (C=O) groups excluding carboxylic acids is 1. The van der Waals surface area contributed by atoms with E-state index in [1.165, 1.54) is 0 Å². The molecule has 0 atom stereocenters. The van der Waals surface area contributed by atoms with E-state index in [9.17, 15) is 4.79 Å². The van der Waals surface area contributed by atoms with Crippen LogP contribution in [0.5, 0.6) is 17.2 Å². The molecule has 0 aliphatic carbocycles. The lowest BCUT2D eigenvalue weighted by Crippen LogP contribution is -2.14. The van der Waals surface area contributed by atoms with Gasteiger partial charge in [0.2, 0.25) is 0 Å². The van der Waals surface area contributed by atoms with Crippen LogP contribution in [0.15, 0.2) is 60.7 Å². The standard InChI is InChI=1S/C23H24N2O3/c1-4-17-13-14-20(16(3)24-17)23(26)25-18-9-8-10-19(15-18)28-22-12-7-6-11-21(22)27-5-2/h6-15H,4-5H2,1-3H3,(H,25,26). The van der Waals surface area contributed by atoms with Gasteiger partial charge in [-0.2, -0.15) is 0 Å². The fraction of sp³-hybridized carbons (Fsp3) is 0.217. The number of hydrogen-bond donors (Lipinski definition) is 1. The minimum Gasteiger partial charge on any atom is -0.490 e. The summed E-state index contributed by atoms with van der Waals surface area (Å²) < 4.78 is 11.5. The van der Waals surface area contributed by atoms with E-state index >= 15 is 0 Å². The average molecular weight is 376 g/mol. The van der Waals surface area contributed by atoms with E-state index in [0.717, 1.165) is 17.8 Å². The van der Waals surface area contributed by atoms with Crippen molar-refractivity contribution in [3.63, 3.8) is 0 Å². The number of para-hydroxylation sites is 2. The Hall–Kier alpha value is -3.34. The quantitative estimate of drug-likeness (QED) is 0.600. The molecule has 5 heteroatoms. The number of aromatic nitrogens is 1. The normalized spacial score (nSPS) is 10.4. The van der Waals surface area contributed by atoms with Gasteiger partial charge in [0.1, 0.15) is 5.75 Å². The summed E-state index contributed by atoms with van der Waals surface area (Å²) in [6, 6.07) is 18.5. The molecule has 3 rings (SSSR count). The largest absolute Gasteiger partial charge is 0.490 e. The monoisotopic (exact) mass is 376 g/mol. The maximum absolute atomic E-state index is 12.6. The van der Waals surface area contributed by atoms with Gasteiger partial charge in [0.25, 0.3) is 5.91 Å². The highest BCUT2D eigenvalue weighted by Gasteiger charge is 2.12. The maximum atomic E-state index is 12.6. The summed E-state index contributed by atoms with van der Waals surface area (Å²) in [5.74, 6) is 1.72. The number of nitrogens with zero attached hydrogens (tertiary/aromatic N) is 1. The molecule has 1 amide bonds. The highest BCUT2D eigenvalue weighted by molar-refractivity contribution is 6.05. The molecule has 0 aliphatic rings. The van der Waals surface area contributed by atoms with E-state index in [-0.39, 0.29) is 5.91 Å². The Kier molecular flexibility index (Phi) is 6.27. The average Bonchev–Trinajstić information content (AvgIpc) is 2.69. The Labute approximate surface area is 165 Å². The first kappa shape index (κ1) is 19.4. The number of nitrogens with one attached hydrogen (secondary N) is 1. The van der Waals surface area contributed by atoms with Crippen molar-refractivity contribution in [2.24, 2.45) is 0 Å². The molecular formula is C23H24N2O3. The number of hydrogen-bond acceptors (Lipinski definition) is 4. The van der Waals surface area contributed by atoms with Crippen molar-refractivity contribution in [3.05, 3.63) is 77.6 Å². The van der Waals surface area contributed by atoms with Gasteiger partial charge in [-0.1, -0.05) is 25.1 Å². The summed E-state index contributed by atoms with van der Waals surface area (Å²) in [6.45, 7) is 6.37. The van der Waals surface area contributed by atoms with Crippen molar-refractivity contribution in [3.8, 4) is 17.2 Å². The van der Waals surface area contributed by atoms with Crippen LogP contribution in [0.3, 0.4) is 0 Å². The van der Waals surface area contributed by atoms with Gasteiger partial charge < -0.3 is 14.8 Å². The second-order valence-electron chi connectivity index (χ2n) is 6.25. The van der Waals surface area contributed by atoms with Gasteiger partial charge in [-0.05, 0) is 56.7 Å². The van der Waals surface area contributed by atoms with Crippen LogP contribution in [-0.2, 0) is 6.42 Å². The molecular weight excluding hydrogens is 352 g/mol. The first-order valence-corrected chi connectivity index (χ1v) is 9.38. The fourth-order valence-corrected chi connectivity index (χ4v) is 2.82. The number of rotatable bonds is 7. The molecule has 144 valence electrons. The molecule has 0 fully saturated rings. The number of aryl methyl sites for hydroxylation is 2. The van der Waals surface area contributed by atoms with Gasteiger partial charge >= 0.3 is 0 Å². The molecule has 1 heterocycles. The predicted octanol–water partition coefficient (Wildman–Crippen LogP) is 5.40. The van der Waals surface area contributed by atoms with Crippen LogP contribution in [-0.4, -0.2) is 17.5 Å². The maximum Gasteiger partial charge on any atom is 0.257 e. The third-order valence-electron chi connectivity index (χ3n) is 4.22. The lowest BCUT2D eigenvalue weighted by atomic mass is 10.1. The molecule has 3 aromatic rings. The third-order valence-corrected chi connectivity index (χ3v) is 4.22. The predicted molar refractivity (Wildman–Crippen MR) is 110 cm³/mol. The summed E-state index contributed by atoms with van der Waals surface area (Å²) >= 11 is 0. The fourth-order valence-electron chi connectivity index (χ4n) is 2.82. The van der Waals surface area contributed by atoms with Gasteiger partial charge in [-0.15, -0.1) is 0 Å². The van der Waals surface area contributed by atoms with Crippen LogP contribution < -0.4 is 14.8 Å². The van der Waals surface area contributed by atoms with Crippen molar-refractivity contribution in [2.45, 2.75) is 27.2 Å². The van der Waals surface area contributed by atoms with Crippen LogP contribution in [0, 0.1) is 6.92 Å². The van der Waals surface area contributed by atoms with Crippen molar-refractivity contribution in [2.75, 3.05) is 11.9 Å². The Morgan fingerprint density at radius 1 is 1.00 bits per heavy atom. The first-order chi connectivity index (χ1) is 13.6. The topological polar surface area (TPSA) is 60.5 Å². The smallest absolute Gasteiger partial charge is 0.257 e. The number of pyridine rings is 1. The Morgan fingerprint density at radius 2 is 1.79 bits per heavy atom. The summed E-state index contributed by atoms with van der Waals surface area (Å²) in [4.78, 5) is 17.1. The number of ether oxygens (including phenoxy) is 2. The molecule has 5 nitrogen and oxygen atoms in total. The van der Waals surface area contributed by atoms with Crippen molar-refractivity contribution in [1.29, 1.82) is 0 Å². The van der Waals surface area contributed by atoms with E-state index in [2.05, 4.69) is 10.3 Å². The van der Waals surface area contributed by atoms with E-state index < -0.39 is 0 Å². The van der Waals surface area contributed by atoms with Crippen molar-refractivity contribution in [1.82, 2.24) is 4.98 Å². The molecule has 1 N–H and O–H groups in total. The summed E-state index contributed by atoms with van der Waals surface area (Å²) in [7, 11) is 0. The molecule has 0 aliphatic heterocycles. The third kappa shape index (κ3) is 4.68. The molecule has 0 saturated heterocycles. The lowest BCUT2D eigenvalue weighted by molar-refractivity contribution is 0.102. The highest BCUT2D eigenvalue weighted by Crippen LogP contribution is 2.32. The Balaban J connectivity index is 1.76. The molecule has 2 aromatic carbocycles. The van der Waals surface area contributed by atoms with Crippen LogP contribution in [0.25, 0.3) is 0 Å². The molecule has 0 spiro atoms. The molecule has 0 radical (unpaired) electrons. The lowest BCUT2D eigenvalue weighted by Gasteiger charge is -2.13. The van der Waals surface area contributed by atoms with Crippen molar-refractivity contribution >= 4 is 11.6 Å². The zero-order valence-corrected chi connectivity index (χ0v) is 16.4. The second-order valence-corrected chi connectivity index (χ2v) is 6.25. The summed E-state index contributed by atoms with van der Waals surface area (Å²) in [5.41, 5.74) is 2.90. The molecule has 28 heavy (non-hydrogen) atoms. The van der Waals surface area contributed by atoms with E-state index in [4.69, 9.17) is 9.47 Å². The number of carbonyl (C=O) groups is 1. The Bertz CT molecular complexity index is 970. The van der Waals surface area contributed by atoms with Crippen LogP contribution in [0.2, 0.25) is 0 Å². The second kappa shape index (κ2) is 9.04. The summed E-state index contributed by atoms with van der Waals surface area (Å²) in [5, 5.41) is 2.91. The zero-order valence-electron chi connectivity index (χ0n) is 16.4. The first-order valence-electron chi connectivity index (χ1n) is 9.38. The molecule has 0 saturated carbocycles. The van der Waals surface area contributed by atoms with Gasteiger partial charge in [0.15, 0.2) is 11.5 Å². The van der Waals surface area contributed by atoms with Crippen LogP contribution in [0.4, 0.5) is 5.69 Å². The van der Waals surface area contributed by atoms with E-state index in [1.807, 2.05) is 75.4 Å². The SMILES string of the molecule is CCOc1ccccc1Oc1cccc(NC(=O)c2ccc(CC)nc2C)c1. The molecule has 1 aromatic heterocycles. The van der Waals surface area contributed by atoms with E-state index in [1.54, 1.807) is 6.07 Å². The summed E-state index contributed by atoms with van der Waals surface area (Å²) in [6.07, 6.45) is 0.839. The van der Waals surface area contributed by atoms with Gasteiger partial charge in [0, 0.05) is 17.4 Å². The highest BCUT2D eigenvalue weighted by atomic mass is 16.5. The molecule has 0 bridgehead atoms. The number of anilines is 1. The van der Waals surface area contributed by atoms with Crippen LogP contribution in [0.1, 0.15) is 35.6 Å². The minimum atomic E-state index is -0.195. The van der Waals surface area contributed by atoms with Crippen LogP contribution >= 0.6 is 0 Å².